The molecule has 0 saturated heterocycles. The van der Waals surface area contributed by atoms with E-state index in [1.807, 2.05) is 0 Å². The van der Waals surface area contributed by atoms with Crippen LogP contribution in [0, 0.1) is 0 Å². The summed E-state index contributed by atoms with van der Waals surface area (Å²) in [5.74, 6) is 0. The average molecular weight is 189 g/mol. The maximum atomic E-state index is 12.3. The Morgan fingerprint density at radius 2 is 2.00 bits per heavy atom. The third-order valence-electron chi connectivity index (χ3n) is 1.10. The zero-order chi connectivity index (χ0) is 9.78. The molecule has 0 N–H and O–H groups in total. The molecule has 0 aromatic carbocycles. The fourth-order valence-electron chi connectivity index (χ4n) is 0.413. The summed E-state index contributed by atoms with van der Waals surface area (Å²) < 4.78 is 51.3. The third-order valence-corrected chi connectivity index (χ3v) is 1.10. The Balaban J connectivity index is 3.88. The minimum Gasteiger partial charge on any atom is -0.285 e. The van der Waals surface area contributed by atoms with E-state index in [0.717, 1.165) is 0 Å². The van der Waals surface area contributed by atoms with Crippen molar-refractivity contribution in [1.29, 1.82) is 0 Å². The maximum absolute atomic E-state index is 12.3. The van der Waals surface area contributed by atoms with Crippen LogP contribution in [-0.2, 0) is 9.84 Å². The molecule has 3 unspecified atom stereocenters. The Morgan fingerprint density at radius 1 is 1.50 bits per heavy atom. The van der Waals surface area contributed by atoms with E-state index in [4.69, 9.17) is 0 Å². The van der Waals surface area contributed by atoms with Crippen molar-refractivity contribution in [3.05, 3.63) is 0 Å². The van der Waals surface area contributed by atoms with Gasteiger partial charge in [0.05, 0.1) is 6.67 Å². The quantitative estimate of drug-likeness (QED) is 0.480. The van der Waals surface area contributed by atoms with Gasteiger partial charge in [0.15, 0.2) is 6.17 Å². The number of alkyl halides is 4. The van der Waals surface area contributed by atoms with Gasteiger partial charge in [-0.15, -0.1) is 0 Å². The Hall–Kier alpha value is -0.360. The van der Waals surface area contributed by atoms with Crippen molar-refractivity contribution < 1.29 is 27.4 Å². The van der Waals surface area contributed by atoms with Gasteiger partial charge in [0, 0.05) is 6.42 Å². The predicted octanol–water partition coefficient (Wildman–Crippen LogP) is 2.07. The molecule has 1 radical (unpaired) electrons. The van der Waals surface area contributed by atoms with Gasteiger partial charge in [-0.25, -0.2) is 8.78 Å². The lowest BCUT2D eigenvalue weighted by molar-refractivity contribution is -0.379. The second kappa shape index (κ2) is 4.61. The highest BCUT2D eigenvalue weighted by Crippen LogP contribution is 2.21. The highest BCUT2D eigenvalue weighted by Gasteiger charge is 2.40. The van der Waals surface area contributed by atoms with Crippen LogP contribution in [0.4, 0.5) is 17.6 Å². The van der Waals surface area contributed by atoms with Gasteiger partial charge >= 0.3 is 6.04 Å². The van der Waals surface area contributed by atoms with Gasteiger partial charge in [-0.1, -0.05) is 0 Å². The van der Waals surface area contributed by atoms with Crippen molar-refractivity contribution >= 4 is 0 Å². The summed E-state index contributed by atoms with van der Waals surface area (Å²) in [5, 5.41) is 10.3. The first kappa shape index (κ1) is 11.6. The predicted molar refractivity (Wildman–Crippen MR) is 31.7 cm³/mol. The molecule has 0 spiro atoms. The average Bonchev–Trinajstić information content (AvgIpc) is 1.85. The van der Waals surface area contributed by atoms with Crippen LogP contribution in [0.1, 0.15) is 13.3 Å². The zero-order valence-corrected chi connectivity index (χ0v) is 6.40. The van der Waals surface area contributed by atoms with E-state index in [9.17, 15) is 22.7 Å². The molecule has 73 valence electrons. The summed E-state index contributed by atoms with van der Waals surface area (Å²) in [4.78, 5) is 0. The second-order valence-corrected chi connectivity index (χ2v) is 2.20. The minimum atomic E-state index is -3.94. The smallest absolute Gasteiger partial charge is 0.285 e. The Kier molecular flexibility index (Phi) is 4.47. The molecular weight excluding hydrogens is 180 g/mol. The van der Waals surface area contributed by atoms with Crippen LogP contribution in [0.5, 0.6) is 0 Å². The van der Waals surface area contributed by atoms with Gasteiger partial charge in [0.1, 0.15) is 0 Å². The van der Waals surface area contributed by atoms with Gasteiger partial charge in [-0.3, -0.25) is 9.13 Å². The molecule has 6 heteroatoms. The Bertz CT molecular complexity index is 129. The summed E-state index contributed by atoms with van der Waals surface area (Å²) in [5.41, 5.74) is 0. The lowest BCUT2D eigenvalue weighted by Crippen LogP contribution is -2.37. The number of hydrogen-bond acceptors (Lipinski definition) is 1. The molecule has 0 bridgehead atoms. The van der Waals surface area contributed by atoms with Crippen LogP contribution >= 0.6 is 0 Å². The lowest BCUT2D eigenvalue weighted by Gasteiger charge is -2.19. The van der Waals surface area contributed by atoms with Crippen LogP contribution in [0.3, 0.4) is 0 Å². The maximum Gasteiger partial charge on any atom is 0.381 e. The lowest BCUT2D eigenvalue weighted by atomic mass is 10.4. The van der Waals surface area contributed by atoms with Crippen molar-refractivity contribution in [2.45, 2.75) is 31.9 Å². The number of ether oxygens (including phenoxy) is 1. The molecule has 3 atom stereocenters. The molecule has 0 amide bonds. The van der Waals surface area contributed by atoms with Crippen LogP contribution in [-0.4, -0.2) is 25.2 Å². The molecule has 0 aliphatic carbocycles. The van der Waals surface area contributed by atoms with E-state index in [-0.39, 0.29) is 0 Å². The monoisotopic (exact) mass is 189 g/mol. The normalized spacial score (nSPS) is 21.5. The highest BCUT2D eigenvalue weighted by atomic mass is 19.2. The van der Waals surface area contributed by atoms with Crippen molar-refractivity contribution in [3.63, 3.8) is 0 Å². The van der Waals surface area contributed by atoms with Gasteiger partial charge in [-0.2, -0.15) is 9.50 Å². The molecule has 0 aliphatic heterocycles. The van der Waals surface area contributed by atoms with Gasteiger partial charge in [0.2, 0.25) is 6.36 Å². The van der Waals surface area contributed by atoms with Crippen molar-refractivity contribution in [1.82, 2.24) is 0 Å². The molecule has 0 saturated carbocycles. The summed E-state index contributed by atoms with van der Waals surface area (Å²) in [7, 11) is 0. The second-order valence-electron chi connectivity index (χ2n) is 2.20. The van der Waals surface area contributed by atoms with Crippen LogP contribution in [0.25, 0.3) is 0 Å². The molecular formula is C6H9F4O2. The van der Waals surface area contributed by atoms with Crippen LogP contribution < -0.4 is 0 Å². The van der Waals surface area contributed by atoms with Gasteiger partial charge in [0.25, 0.3) is 0 Å². The Labute approximate surface area is 67.1 Å². The summed E-state index contributed by atoms with van der Waals surface area (Å²) in [6, 6.07) is -3.94. The summed E-state index contributed by atoms with van der Waals surface area (Å²) in [6.07, 6.45) is -5.69. The van der Waals surface area contributed by atoms with Gasteiger partial charge in [-0.05, 0) is 6.92 Å². The van der Waals surface area contributed by atoms with Crippen molar-refractivity contribution in [2.24, 2.45) is 0 Å². The Morgan fingerprint density at radius 3 is 2.33 bits per heavy atom. The molecule has 0 rings (SSSR count). The summed E-state index contributed by atoms with van der Waals surface area (Å²) in [6.45, 7) is -0.507. The zero-order valence-electron chi connectivity index (χ0n) is 6.40. The molecule has 0 heterocycles. The van der Waals surface area contributed by atoms with E-state index in [1.165, 1.54) is 0 Å². The number of hydrogen-bond donors (Lipinski definition) is 0. The van der Waals surface area contributed by atoms with Crippen molar-refractivity contribution in [2.75, 3.05) is 6.67 Å². The third kappa shape index (κ3) is 3.87. The van der Waals surface area contributed by atoms with Crippen LogP contribution in [0.2, 0.25) is 0 Å². The SMILES string of the molecule is CC(F)C([O])(F)OC(F)CCF. The first-order valence-corrected chi connectivity index (χ1v) is 3.31. The highest BCUT2D eigenvalue weighted by molar-refractivity contribution is 4.60. The molecule has 0 aromatic rings. The van der Waals surface area contributed by atoms with Crippen LogP contribution in [0.15, 0.2) is 0 Å². The van der Waals surface area contributed by atoms with Crippen molar-refractivity contribution in [3.8, 4) is 0 Å². The molecule has 0 aromatic heterocycles. The fourth-order valence-corrected chi connectivity index (χ4v) is 0.413. The minimum absolute atomic E-state index is 0.592. The first-order chi connectivity index (χ1) is 5.40. The number of halogens is 4. The first-order valence-electron chi connectivity index (χ1n) is 3.31. The fraction of sp³-hybridized carbons (Fsp3) is 1.00. The topological polar surface area (TPSA) is 29.1 Å². The molecule has 0 aliphatic rings. The molecule has 2 nitrogen and oxygen atoms in total. The molecule has 0 fully saturated rings. The standard InChI is InChI=1S/C6H9F4O2/c1-4(8)6(10,11)12-5(9)2-3-7/h4-5H,2-3H2,1H3. The van der Waals surface area contributed by atoms with E-state index < -0.39 is 31.7 Å². The largest absolute Gasteiger partial charge is 0.381 e. The van der Waals surface area contributed by atoms with E-state index >= 15 is 0 Å². The van der Waals surface area contributed by atoms with E-state index in [1.54, 1.807) is 0 Å². The van der Waals surface area contributed by atoms with E-state index in [2.05, 4.69) is 4.74 Å². The van der Waals surface area contributed by atoms with E-state index in [0.29, 0.717) is 6.92 Å². The molecule has 12 heavy (non-hydrogen) atoms. The summed E-state index contributed by atoms with van der Waals surface area (Å²) >= 11 is 0. The van der Waals surface area contributed by atoms with Gasteiger partial charge < -0.3 is 0 Å². The number of rotatable bonds is 5.